The first-order valence-corrected chi connectivity index (χ1v) is 11.2. The maximum absolute atomic E-state index is 13.4. The predicted molar refractivity (Wildman–Crippen MR) is 118 cm³/mol. The highest BCUT2D eigenvalue weighted by atomic mass is 35.5. The van der Waals surface area contributed by atoms with Gasteiger partial charge in [0.2, 0.25) is 0 Å². The summed E-state index contributed by atoms with van der Waals surface area (Å²) in [6.07, 6.45) is -12.5. The van der Waals surface area contributed by atoms with Gasteiger partial charge in [0, 0.05) is 16.1 Å². The van der Waals surface area contributed by atoms with Crippen LogP contribution in [-0.4, -0.2) is 41.9 Å². The van der Waals surface area contributed by atoms with Crippen molar-refractivity contribution in [3.8, 4) is 22.0 Å². The van der Waals surface area contributed by atoms with E-state index in [9.17, 15) is 36.2 Å². The zero-order chi connectivity index (χ0) is 26.3. The summed E-state index contributed by atoms with van der Waals surface area (Å²) < 4.78 is 80.5. The number of rotatable bonds is 6. The third-order valence-electron chi connectivity index (χ3n) is 4.97. The van der Waals surface area contributed by atoms with Crippen molar-refractivity contribution in [3.63, 3.8) is 0 Å². The minimum absolute atomic E-state index is 0.0594. The van der Waals surface area contributed by atoms with Gasteiger partial charge in [-0.2, -0.15) is 26.3 Å². The molecule has 0 fully saturated rings. The van der Waals surface area contributed by atoms with Crippen LogP contribution in [0.3, 0.4) is 0 Å². The summed E-state index contributed by atoms with van der Waals surface area (Å²) in [5.41, 5.74) is -1.86. The molecule has 0 saturated heterocycles. The van der Waals surface area contributed by atoms with Crippen molar-refractivity contribution in [2.45, 2.75) is 31.5 Å². The van der Waals surface area contributed by atoms with Crippen molar-refractivity contribution in [1.29, 1.82) is 0 Å². The third kappa shape index (κ3) is 5.44. The van der Waals surface area contributed by atoms with Crippen LogP contribution >= 0.6 is 22.9 Å². The van der Waals surface area contributed by atoms with Crippen molar-refractivity contribution < 1.29 is 31.4 Å². The smallest absolute Gasteiger partial charge is 0.382 e. The number of benzene rings is 2. The number of aromatic nitrogens is 5. The molecular formula is C21H14ClF6N5O2S. The molecule has 0 saturated carbocycles. The van der Waals surface area contributed by atoms with Crippen molar-refractivity contribution in [3.05, 3.63) is 74.6 Å². The maximum atomic E-state index is 13.4. The van der Waals surface area contributed by atoms with E-state index < -0.39 is 36.3 Å². The predicted octanol–water partition coefficient (Wildman–Crippen LogP) is 4.87. The molecule has 0 spiro atoms. The van der Waals surface area contributed by atoms with Crippen LogP contribution < -0.4 is 5.69 Å². The topological polar surface area (TPSA) is 85.8 Å². The first-order valence-electron chi connectivity index (χ1n) is 10.0. The zero-order valence-electron chi connectivity index (χ0n) is 17.8. The first-order chi connectivity index (χ1) is 16.8. The Morgan fingerprint density at radius 1 is 1.00 bits per heavy atom. The maximum Gasteiger partial charge on any atom is 0.417 e. The molecule has 2 heterocycles. The highest BCUT2D eigenvalue weighted by Crippen LogP contribution is 2.38. The highest BCUT2D eigenvalue weighted by Gasteiger charge is 2.39. The molecule has 1 atom stereocenters. The second-order valence-electron chi connectivity index (χ2n) is 7.48. The molecule has 15 heteroatoms. The van der Waals surface area contributed by atoms with Crippen LogP contribution in [0.4, 0.5) is 26.3 Å². The lowest BCUT2D eigenvalue weighted by atomic mass is 10.1. The number of aliphatic hydroxyl groups excluding tert-OH is 1. The fraction of sp³-hybridized carbons (Fsp3) is 0.238. The van der Waals surface area contributed by atoms with Gasteiger partial charge in [-0.15, -0.1) is 15.3 Å². The van der Waals surface area contributed by atoms with Gasteiger partial charge in [0.1, 0.15) is 16.6 Å². The fourth-order valence-electron chi connectivity index (χ4n) is 3.27. The minimum Gasteiger partial charge on any atom is -0.382 e. The van der Waals surface area contributed by atoms with Crippen LogP contribution in [0, 0.1) is 0 Å². The number of hydrogen-bond donors (Lipinski definition) is 1. The van der Waals surface area contributed by atoms with E-state index in [1.807, 2.05) is 0 Å². The molecule has 0 radical (unpaired) electrons. The summed E-state index contributed by atoms with van der Waals surface area (Å²) in [6.45, 7) is -1.50. The van der Waals surface area contributed by atoms with Crippen LogP contribution in [0.15, 0.2) is 53.3 Å². The van der Waals surface area contributed by atoms with E-state index in [0.717, 1.165) is 22.1 Å². The number of alkyl halides is 6. The number of halogens is 7. The SMILES string of the molecule is O=c1n(Cc2nnc(-c3ccccc3C(F)(F)F)s2)nc(-c2ccc(Cl)cc2)n1CC(O)C(F)(F)F. The van der Waals surface area contributed by atoms with Gasteiger partial charge in [-0.1, -0.05) is 41.1 Å². The van der Waals surface area contributed by atoms with Gasteiger partial charge in [0.15, 0.2) is 11.9 Å². The van der Waals surface area contributed by atoms with Crippen molar-refractivity contribution in [1.82, 2.24) is 24.5 Å². The van der Waals surface area contributed by atoms with Gasteiger partial charge in [-0.05, 0) is 30.3 Å². The summed E-state index contributed by atoms with van der Waals surface area (Å²) >= 11 is 6.62. The Kier molecular flexibility index (Phi) is 6.94. The Morgan fingerprint density at radius 3 is 2.31 bits per heavy atom. The molecule has 1 unspecified atom stereocenters. The molecule has 0 aliphatic rings. The molecule has 7 nitrogen and oxygen atoms in total. The second-order valence-corrected chi connectivity index (χ2v) is 8.98. The molecule has 0 aliphatic carbocycles. The quantitative estimate of drug-likeness (QED) is 0.347. The van der Waals surface area contributed by atoms with E-state index in [4.69, 9.17) is 11.6 Å². The Hall–Kier alpha value is -3.23. The monoisotopic (exact) mass is 549 g/mol. The van der Waals surface area contributed by atoms with E-state index in [-0.39, 0.29) is 33.5 Å². The normalized spacial score (nSPS) is 13.2. The molecule has 4 aromatic rings. The molecule has 0 amide bonds. The van der Waals surface area contributed by atoms with Crippen LogP contribution in [-0.2, 0) is 19.3 Å². The molecule has 2 aromatic carbocycles. The summed E-state index contributed by atoms with van der Waals surface area (Å²) in [5, 5.41) is 21.6. The second kappa shape index (κ2) is 9.67. The molecule has 0 aliphatic heterocycles. The van der Waals surface area contributed by atoms with Crippen LogP contribution in [0.1, 0.15) is 10.6 Å². The third-order valence-corrected chi connectivity index (χ3v) is 6.17. The van der Waals surface area contributed by atoms with E-state index in [1.54, 1.807) is 0 Å². The summed E-state index contributed by atoms with van der Waals surface area (Å²) in [4.78, 5) is 12.9. The van der Waals surface area contributed by atoms with E-state index >= 15 is 0 Å². The lowest BCUT2D eigenvalue weighted by Gasteiger charge is -2.15. The van der Waals surface area contributed by atoms with Crippen LogP contribution in [0.5, 0.6) is 0 Å². The van der Waals surface area contributed by atoms with Crippen molar-refractivity contribution >= 4 is 22.9 Å². The molecule has 2 aromatic heterocycles. The lowest BCUT2D eigenvalue weighted by Crippen LogP contribution is -2.37. The minimum atomic E-state index is -4.99. The van der Waals surface area contributed by atoms with Gasteiger partial charge in [-0.25, -0.2) is 9.48 Å². The van der Waals surface area contributed by atoms with Crippen molar-refractivity contribution in [2.75, 3.05) is 0 Å². The van der Waals surface area contributed by atoms with Gasteiger partial charge < -0.3 is 5.11 Å². The number of hydrogen-bond acceptors (Lipinski definition) is 6. The molecule has 36 heavy (non-hydrogen) atoms. The van der Waals surface area contributed by atoms with Crippen molar-refractivity contribution in [2.24, 2.45) is 0 Å². The summed E-state index contributed by atoms with van der Waals surface area (Å²) in [5.74, 6) is -0.174. The standard InChI is InChI=1S/C21H14ClF6N5O2S/c22-12-7-5-11(6-8-12)17-31-33(19(35)32(17)9-15(34)21(26,27)28)10-16-29-30-18(36-16)13-3-1-2-4-14(13)20(23,24)25/h1-8,15,34H,9-10H2. The van der Waals surface area contributed by atoms with E-state index in [1.165, 1.54) is 42.5 Å². The Labute approximate surface area is 207 Å². The fourth-order valence-corrected chi connectivity index (χ4v) is 4.26. The average molecular weight is 550 g/mol. The first kappa shape index (κ1) is 25.9. The van der Waals surface area contributed by atoms with E-state index in [0.29, 0.717) is 9.59 Å². The van der Waals surface area contributed by atoms with Gasteiger partial charge >= 0.3 is 18.0 Å². The molecule has 1 N–H and O–H groups in total. The molecule has 190 valence electrons. The average Bonchev–Trinajstić information content (AvgIpc) is 3.39. The molecular weight excluding hydrogens is 536 g/mol. The number of aliphatic hydroxyl groups is 1. The van der Waals surface area contributed by atoms with Gasteiger partial charge in [0.05, 0.1) is 12.1 Å². The van der Waals surface area contributed by atoms with Gasteiger partial charge in [0.25, 0.3) is 0 Å². The summed E-state index contributed by atoms with van der Waals surface area (Å²) in [6, 6.07) is 10.5. The van der Waals surface area contributed by atoms with Crippen LogP contribution in [0.2, 0.25) is 5.02 Å². The molecule has 4 rings (SSSR count). The Morgan fingerprint density at radius 2 is 1.67 bits per heavy atom. The highest BCUT2D eigenvalue weighted by molar-refractivity contribution is 7.14. The van der Waals surface area contributed by atoms with Crippen LogP contribution in [0.25, 0.3) is 22.0 Å². The number of nitrogens with zero attached hydrogens (tertiary/aromatic N) is 5. The van der Waals surface area contributed by atoms with E-state index in [2.05, 4.69) is 15.3 Å². The Balaban J connectivity index is 1.71. The zero-order valence-corrected chi connectivity index (χ0v) is 19.3. The summed E-state index contributed by atoms with van der Waals surface area (Å²) in [7, 11) is 0. The lowest BCUT2D eigenvalue weighted by molar-refractivity contribution is -0.207. The largest absolute Gasteiger partial charge is 0.417 e. The Bertz CT molecular complexity index is 1430. The van der Waals surface area contributed by atoms with Gasteiger partial charge in [-0.3, -0.25) is 4.57 Å². The molecule has 0 bridgehead atoms.